The molecular formula is C8H5BrF2INO2. The van der Waals surface area contributed by atoms with E-state index in [1.807, 2.05) is 0 Å². The van der Waals surface area contributed by atoms with Crippen LogP contribution < -0.4 is 0 Å². The Balaban J connectivity index is 3.51. The van der Waals surface area contributed by atoms with E-state index in [1.165, 1.54) is 6.20 Å². The van der Waals surface area contributed by atoms with Crippen molar-refractivity contribution >= 4 is 44.5 Å². The number of carboxylic acid groups (broad SMARTS) is 1. The molecule has 1 heterocycles. The van der Waals surface area contributed by atoms with Gasteiger partial charge in [0.15, 0.2) is 0 Å². The highest BCUT2D eigenvalue weighted by atomic mass is 127. The molecule has 1 N–H and O–H groups in total. The molecule has 0 aromatic carbocycles. The summed E-state index contributed by atoms with van der Waals surface area (Å²) in [6, 6.07) is 0. The Hall–Kier alpha value is -0.310. The molecule has 0 aliphatic heterocycles. The van der Waals surface area contributed by atoms with E-state index in [1.54, 1.807) is 22.6 Å². The molecule has 0 bridgehead atoms. The molecule has 0 spiro atoms. The van der Waals surface area contributed by atoms with Crippen LogP contribution in [0.1, 0.15) is 28.0 Å². The van der Waals surface area contributed by atoms with E-state index in [-0.39, 0.29) is 20.2 Å². The molecule has 15 heavy (non-hydrogen) atoms. The predicted molar refractivity (Wildman–Crippen MR) is 61.5 cm³/mol. The Morgan fingerprint density at radius 2 is 2.27 bits per heavy atom. The summed E-state index contributed by atoms with van der Waals surface area (Å²) in [6.45, 7) is 0. The highest BCUT2D eigenvalue weighted by Crippen LogP contribution is 2.29. The summed E-state index contributed by atoms with van der Waals surface area (Å²) < 4.78 is 25.6. The fraction of sp³-hybridized carbons (Fsp3) is 0.250. The number of rotatable bonds is 3. The molecule has 7 heteroatoms. The van der Waals surface area contributed by atoms with Crippen molar-refractivity contribution in [3.63, 3.8) is 0 Å². The molecule has 0 aliphatic rings. The van der Waals surface area contributed by atoms with Crippen LogP contribution in [-0.2, 0) is 5.33 Å². The van der Waals surface area contributed by atoms with Crippen molar-refractivity contribution in [2.24, 2.45) is 0 Å². The Morgan fingerprint density at radius 3 is 2.67 bits per heavy atom. The molecule has 0 aliphatic carbocycles. The van der Waals surface area contributed by atoms with Gasteiger partial charge in [-0.3, -0.25) is 4.98 Å². The minimum absolute atomic E-state index is 0.0582. The van der Waals surface area contributed by atoms with Crippen molar-refractivity contribution < 1.29 is 18.7 Å². The molecular weight excluding hydrogens is 387 g/mol. The number of halogens is 4. The average molecular weight is 392 g/mol. The summed E-state index contributed by atoms with van der Waals surface area (Å²) in [5.41, 5.74) is -0.816. The zero-order valence-corrected chi connectivity index (χ0v) is 10.9. The maximum absolute atomic E-state index is 12.7. The predicted octanol–water partition coefficient (Wildman–Crippen LogP) is 3.22. The van der Waals surface area contributed by atoms with Crippen LogP contribution in [0.2, 0.25) is 0 Å². The van der Waals surface area contributed by atoms with Crippen molar-refractivity contribution in [2.45, 2.75) is 11.8 Å². The molecule has 0 atom stereocenters. The van der Waals surface area contributed by atoms with Crippen LogP contribution in [0.25, 0.3) is 0 Å². The van der Waals surface area contributed by atoms with Gasteiger partial charge in [-0.05, 0) is 22.6 Å². The van der Waals surface area contributed by atoms with Gasteiger partial charge in [-0.15, -0.1) is 0 Å². The number of nitrogens with zero attached hydrogens (tertiary/aromatic N) is 1. The quantitative estimate of drug-likeness (QED) is 0.635. The van der Waals surface area contributed by atoms with Gasteiger partial charge in [0, 0.05) is 15.1 Å². The van der Waals surface area contributed by atoms with Crippen molar-refractivity contribution in [2.75, 3.05) is 0 Å². The molecule has 0 fully saturated rings. The van der Waals surface area contributed by atoms with E-state index >= 15 is 0 Å². The molecule has 1 aromatic rings. The third-order valence-corrected chi connectivity index (χ3v) is 3.06. The maximum atomic E-state index is 12.7. The van der Waals surface area contributed by atoms with Gasteiger partial charge in [0.2, 0.25) is 0 Å². The number of hydrogen-bond acceptors (Lipinski definition) is 2. The van der Waals surface area contributed by atoms with Gasteiger partial charge in [-0.2, -0.15) is 0 Å². The highest BCUT2D eigenvalue weighted by Gasteiger charge is 2.25. The zero-order valence-electron chi connectivity index (χ0n) is 7.18. The number of pyridine rings is 1. The Morgan fingerprint density at radius 1 is 1.67 bits per heavy atom. The second-order valence-corrected chi connectivity index (χ2v) is 4.30. The lowest BCUT2D eigenvalue weighted by molar-refractivity contribution is 0.0682. The van der Waals surface area contributed by atoms with Crippen molar-refractivity contribution in [3.05, 3.63) is 26.6 Å². The Bertz CT molecular complexity index is 400. The van der Waals surface area contributed by atoms with Gasteiger partial charge in [0.25, 0.3) is 6.43 Å². The van der Waals surface area contributed by atoms with Gasteiger partial charge < -0.3 is 5.11 Å². The van der Waals surface area contributed by atoms with E-state index in [9.17, 15) is 13.6 Å². The minimum atomic E-state index is -2.84. The summed E-state index contributed by atoms with van der Waals surface area (Å²) in [7, 11) is 0. The fourth-order valence-electron chi connectivity index (χ4n) is 1.10. The molecule has 1 rings (SSSR count). The smallest absolute Gasteiger partial charge is 0.337 e. The first-order valence-electron chi connectivity index (χ1n) is 3.73. The Labute approximate surface area is 106 Å². The summed E-state index contributed by atoms with van der Waals surface area (Å²) >= 11 is 4.67. The van der Waals surface area contributed by atoms with E-state index in [2.05, 4.69) is 20.9 Å². The van der Waals surface area contributed by atoms with Gasteiger partial charge >= 0.3 is 5.97 Å². The number of aromatic nitrogens is 1. The highest BCUT2D eigenvalue weighted by molar-refractivity contribution is 14.1. The van der Waals surface area contributed by atoms with E-state index in [0.717, 1.165) is 0 Å². The monoisotopic (exact) mass is 391 g/mol. The lowest BCUT2D eigenvalue weighted by Gasteiger charge is -2.10. The summed E-state index contributed by atoms with van der Waals surface area (Å²) in [4.78, 5) is 14.6. The van der Waals surface area contributed by atoms with Crippen LogP contribution in [0, 0.1) is 3.57 Å². The standard InChI is InChI=1S/C8H5BrF2INO2/c9-1-4-6(7(10)11)5(8(14)15)3(12)2-13-4/h2,7H,1H2,(H,14,15). The number of carbonyl (C=O) groups is 1. The lowest BCUT2D eigenvalue weighted by atomic mass is 10.1. The number of carboxylic acids is 1. The van der Waals surface area contributed by atoms with Crippen molar-refractivity contribution in [1.29, 1.82) is 0 Å². The van der Waals surface area contributed by atoms with Crippen LogP contribution in [0.4, 0.5) is 8.78 Å². The largest absolute Gasteiger partial charge is 0.478 e. The molecule has 0 saturated heterocycles. The fourth-order valence-corrected chi connectivity index (χ4v) is 2.21. The lowest BCUT2D eigenvalue weighted by Crippen LogP contribution is -2.10. The molecule has 0 radical (unpaired) electrons. The SMILES string of the molecule is O=C(O)c1c(I)cnc(CBr)c1C(F)F. The molecule has 0 unspecified atom stereocenters. The summed E-state index contributed by atoms with van der Waals surface area (Å²) in [5, 5.41) is 8.94. The minimum Gasteiger partial charge on any atom is -0.478 e. The number of hydrogen-bond donors (Lipinski definition) is 1. The third-order valence-electron chi connectivity index (χ3n) is 1.71. The van der Waals surface area contributed by atoms with Crippen LogP contribution in [0.15, 0.2) is 6.20 Å². The van der Waals surface area contributed by atoms with Crippen LogP contribution in [-0.4, -0.2) is 16.1 Å². The van der Waals surface area contributed by atoms with Gasteiger partial charge in [0.1, 0.15) is 0 Å². The first-order valence-corrected chi connectivity index (χ1v) is 5.93. The molecule has 0 amide bonds. The topological polar surface area (TPSA) is 50.2 Å². The van der Waals surface area contributed by atoms with E-state index in [0.29, 0.717) is 0 Å². The van der Waals surface area contributed by atoms with E-state index < -0.39 is 18.0 Å². The molecule has 0 saturated carbocycles. The van der Waals surface area contributed by atoms with E-state index in [4.69, 9.17) is 5.11 Å². The number of alkyl halides is 3. The molecule has 82 valence electrons. The summed E-state index contributed by atoms with van der Waals surface area (Å²) in [5.74, 6) is -1.36. The number of aromatic carboxylic acids is 1. The maximum Gasteiger partial charge on any atom is 0.337 e. The van der Waals surface area contributed by atoms with Gasteiger partial charge in [-0.1, -0.05) is 15.9 Å². The molecule has 1 aromatic heterocycles. The Kier molecular flexibility index (Phi) is 4.38. The second kappa shape index (κ2) is 5.15. The zero-order chi connectivity index (χ0) is 11.6. The van der Waals surface area contributed by atoms with Gasteiger partial charge in [0.05, 0.1) is 16.8 Å². The van der Waals surface area contributed by atoms with Crippen LogP contribution in [0.5, 0.6) is 0 Å². The van der Waals surface area contributed by atoms with Crippen LogP contribution in [0.3, 0.4) is 0 Å². The third kappa shape index (κ3) is 2.63. The van der Waals surface area contributed by atoms with Crippen molar-refractivity contribution in [3.8, 4) is 0 Å². The average Bonchev–Trinajstić information content (AvgIpc) is 2.16. The normalized spacial score (nSPS) is 10.7. The van der Waals surface area contributed by atoms with Crippen LogP contribution >= 0.6 is 38.5 Å². The molecule has 3 nitrogen and oxygen atoms in total. The first kappa shape index (κ1) is 12.8. The second-order valence-electron chi connectivity index (χ2n) is 2.58. The first-order chi connectivity index (χ1) is 6.99. The van der Waals surface area contributed by atoms with Gasteiger partial charge in [-0.25, -0.2) is 13.6 Å². The summed E-state index contributed by atoms with van der Waals surface area (Å²) in [6.07, 6.45) is -1.57. The van der Waals surface area contributed by atoms with Crippen molar-refractivity contribution in [1.82, 2.24) is 4.98 Å².